The lowest BCUT2D eigenvalue weighted by molar-refractivity contribution is -0.121. The molecular formula is C27H28N2O3S. The van der Waals surface area contributed by atoms with Gasteiger partial charge in [-0.25, -0.2) is 8.42 Å². The standard InChI is InChI=1S/C27H28N2O3S/c1-19-9-12-22(13-10-19)15-28-27(30)17-29-16-26(24-6-4-5-7-25(24)29)33(31,32)18-23-14-20(2)8-11-21(23)3/h4-14,16H,15,17-18H2,1-3H3,(H,28,30). The van der Waals surface area contributed by atoms with Crippen molar-refractivity contribution >= 4 is 26.6 Å². The van der Waals surface area contributed by atoms with Gasteiger partial charge in [0.2, 0.25) is 5.91 Å². The van der Waals surface area contributed by atoms with Gasteiger partial charge in [0.15, 0.2) is 9.84 Å². The molecule has 0 unspecified atom stereocenters. The number of hydrogen-bond acceptors (Lipinski definition) is 3. The molecule has 5 nitrogen and oxygen atoms in total. The van der Waals surface area contributed by atoms with E-state index in [9.17, 15) is 13.2 Å². The molecule has 4 rings (SSSR count). The predicted octanol–water partition coefficient (Wildman–Crippen LogP) is 4.86. The molecule has 4 aromatic rings. The summed E-state index contributed by atoms with van der Waals surface area (Å²) in [5, 5.41) is 3.56. The predicted molar refractivity (Wildman–Crippen MR) is 132 cm³/mol. The molecule has 0 bridgehead atoms. The number of aryl methyl sites for hydroxylation is 3. The van der Waals surface area contributed by atoms with E-state index in [-0.39, 0.29) is 23.1 Å². The molecule has 1 aromatic heterocycles. The Balaban J connectivity index is 1.59. The number of hydrogen-bond donors (Lipinski definition) is 1. The van der Waals surface area contributed by atoms with E-state index in [0.717, 1.165) is 27.8 Å². The Morgan fingerprint density at radius 2 is 1.61 bits per heavy atom. The van der Waals surface area contributed by atoms with Crippen LogP contribution < -0.4 is 5.32 Å². The molecule has 6 heteroatoms. The van der Waals surface area contributed by atoms with Gasteiger partial charge in [0.25, 0.3) is 0 Å². The van der Waals surface area contributed by atoms with Gasteiger partial charge in [0.05, 0.1) is 10.6 Å². The number of sulfone groups is 1. The van der Waals surface area contributed by atoms with E-state index in [4.69, 9.17) is 0 Å². The van der Waals surface area contributed by atoms with Crippen LogP contribution in [0.3, 0.4) is 0 Å². The minimum Gasteiger partial charge on any atom is -0.350 e. The first-order valence-electron chi connectivity index (χ1n) is 10.9. The van der Waals surface area contributed by atoms with Crippen molar-refractivity contribution in [2.24, 2.45) is 0 Å². The third-order valence-corrected chi connectivity index (χ3v) is 7.55. The second kappa shape index (κ2) is 9.24. The van der Waals surface area contributed by atoms with Crippen molar-refractivity contribution in [2.75, 3.05) is 0 Å². The maximum absolute atomic E-state index is 13.4. The number of nitrogens with zero attached hydrogens (tertiary/aromatic N) is 1. The van der Waals surface area contributed by atoms with E-state index in [0.29, 0.717) is 11.9 Å². The Morgan fingerprint density at radius 3 is 2.36 bits per heavy atom. The zero-order chi connectivity index (χ0) is 23.6. The summed E-state index contributed by atoms with van der Waals surface area (Å²) < 4.78 is 28.5. The van der Waals surface area contributed by atoms with E-state index >= 15 is 0 Å². The number of carbonyl (C=O) groups is 1. The van der Waals surface area contributed by atoms with Crippen LogP contribution in [-0.4, -0.2) is 18.9 Å². The number of nitrogens with one attached hydrogen (secondary N) is 1. The second-order valence-corrected chi connectivity index (χ2v) is 10.5. The second-order valence-electron chi connectivity index (χ2n) is 8.59. The van der Waals surface area contributed by atoms with Gasteiger partial charge in [0.1, 0.15) is 6.54 Å². The van der Waals surface area contributed by atoms with E-state index in [1.54, 1.807) is 16.8 Å². The number of fused-ring (bicyclic) bond motifs is 1. The van der Waals surface area contributed by atoms with Crippen LogP contribution in [0.5, 0.6) is 0 Å². The fraction of sp³-hybridized carbons (Fsp3) is 0.222. The highest BCUT2D eigenvalue weighted by Gasteiger charge is 2.23. The first kappa shape index (κ1) is 22.8. The Morgan fingerprint density at radius 1 is 0.909 bits per heavy atom. The summed E-state index contributed by atoms with van der Waals surface area (Å²) in [6, 6.07) is 21.1. The average molecular weight is 461 g/mol. The molecule has 0 spiro atoms. The summed E-state index contributed by atoms with van der Waals surface area (Å²) in [5.74, 6) is -0.247. The van der Waals surface area contributed by atoms with Crippen molar-refractivity contribution in [3.8, 4) is 0 Å². The van der Waals surface area contributed by atoms with Gasteiger partial charge in [-0.15, -0.1) is 0 Å². The van der Waals surface area contributed by atoms with Crippen LogP contribution in [0.4, 0.5) is 0 Å². The van der Waals surface area contributed by atoms with Crippen LogP contribution in [0.15, 0.2) is 77.8 Å². The van der Waals surface area contributed by atoms with Crippen LogP contribution in [0, 0.1) is 20.8 Å². The molecule has 0 aliphatic carbocycles. The molecule has 0 aliphatic rings. The lowest BCUT2D eigenvalue weighted by Gasteiger charge is -2.08. The fourth-order valence-corrected chi connectivity index (χ4v) is 5.62. The summed E-state index contributed by atoms with van der Waals surface area (Å²) in [5.41, 5.74) is 5.67. The van der Waals surface area contributed by atoms with Crippen LogP contribution in [-0.2, 0) is 33.5 Å². The van der Waals surface area contributed by atoms with Crippen LogP contribution in [0.1, 0.15) is 27.8 Å². The van der Waals surface area contributed by atoms with Crippen LogP contribution in [0.2, 0.25) is 0 Å². The maximum Gasteiger partial charge on any atom is 0.240 e. The Labute approximate surface area is 195 Å². The highest BCUT2D eigenvalue weighted by Crippen LogP contribution is 2.29. The van der Waals surface area contributed by atoms with Crippen molar-refractivity contribution in [3.05, 3.63) is 101 Å². The zero-order valence-electron chi connectivity index (χ0n) is 19.1. The quantitative estimate of drug-likeness (QED) is 0.428. The van der Waals surface area contributed by atoms with E-state index < -0.39 is 9.84 Å². The van der Waals surface area contributed by atoms with E-state index in [2.05, 4.69) is 5.32 Å². The van der Waals surface area contributed by atoms with Gasteiger partial charge in [-0.3, -0.25) is 4.79 Å². The van der Waals surface area contributed by atoms with Gasteiger partial charge in [0, 0.05) is 23.6 Å². The molecule has 0 fully saturated rings. The number of rotatable bonds is 7. The monoisotopic (exact) mass is 460 g/mol. The minimum absolute atomic E-state index is 0.0470. The lowest BCUT2D eigenvalue weighted by atomic mass is 10.1. The highest BCUT2D eigenvalue weighted by atomic mass is 32.2. The lowest BCUT2D eigenvalue weighted by Crippen LogP contribution is -2.26. The first-order valence-corrected chi connectivity index (χ1v) is 12.6. The third-order valence-electron chi connectivity index (χ3n) is 5.86. The summed E-state index contributed by atoms with van der Waals surface area (Å²) in [6.07, 6.45) is 1.59. The van der Waals surface area contributed by atoms with Gasteiger partial charge in [-0.2, -0.15) is 0 Å². The first-order chi connectivity index (χ1) is 15.7. The topological polar surface area (TPSA) is 68.2 Å². The summed E-state index contributed by atoms with van der Waals surface area (Å²) >= 11 is 0. The molecule has 1 heterocycles. The Bertz CT molecular complexity index is 1420. The van der Waals surface area contributed by atoms with Crippen molar-refractivity contribution in [2.45, 2.75) is 44.5 Å². The van der Waals surface area contributed by atoms with Gasteiger partial charge in [-0.05, 0) is 43.5 Å². The summed E-state index contributed by atoms with van der Waals surface area (Å²) in [7, 11) is -3.61. The molecule has 33 heavy (non-hydrogen) atoms. The molecule has 1 N–H and O–H groups in total. The molecule has 0 saturated heterocycles. The molecule has 0 saturated carbocycles. The van der Waals surface area contributed by atoms with Crippen LogP contribution in [0.25, 0.3) is 10.9 Å². The number of benzene rings is 3. The molecular weight excluding hydrogens is 432 g/mol. The normalized spacial score (nSPS) is 11.6. The number of para-hydroxylation sites is 1. The maximum atomic E-state index is 13.4. The van der Waals surface area contributed by atoms with E-state index in [1.165, 1.54) is 5.56 Å². The van der Waals surface area contributed by atoms with Crippen molar-refractivity contribution < 1.29 is 13.2 Å². The average Bonchev–Trinajstić information content (AvgIpc) is 3.15. The van der Waals surface area contributed by atoms with Crippen LogP contribution >= 0.6 is 0 Å². The number of carbonyl (C=O) groups excluding carboxylic acids is 1. The summed E-state index contributed by atoms with van der Waals surface area (Å²) in [4.78, 5) is 12.9. The fourth-order valence-electron chi connectivity index (χ4n) is 3.95. The molecule has 170 valence electrons. The highest BCUT2D eigenvalue weighted by molar-refractivity contribution is 7.90. The molecule has 3 aromatic carbocycles. The minimum atomic E-state index is -3.61. The largest absolute Gasteiger partial charge is 0.350 e. The van der Waals surface area contributed by atoms with Crippen molar-refractivity contribution in [1.82, 2.24) is 9.88 Å². The molecule has 1 amide bonds. The molecule has 0 atom stereocenters. The van der Waals surface area contributed by atoms with Gasteiger partial charge in [-0.1, -0.05) is 71.8 Å². The van der Waals surface area contributed by atoms with Crippen molar-refractivity contribution in [3.63, 3.8) is 0 Å². The smallest absolute Gasteiger partial charge is 0.240 e. The molecule has 0 radical (unpaired) electrons. The van der Waals surface area contributed by atoms with Crippen molar-refractivity contribution in [1.29, 1.82) is 0 Å². The Kier molecular flexibility index (Phi) is 6.38. The molecule has 0 aliphatic heterocycles. The van der Waals surface area contributed by atoms with Gasteiger partial charge < -0.3 is 9.88 Å². The number of aromatic nitrogens is 1. The SMILES string of the molecule is Cc1ccc(CNC(=O)Cn2cc(S(=O)(=O)Cc3cc(C)ccc3C)c3ccccc32)cc1. The third kappa shape index (κ3) is 5.17. The number of amides is 1. The van der Waals surface area contributed by atoms with E-state index in [1.807, 2.05) is 81.4 Å². The zero-order valence-corrected chi connectivity index (χ0v) is 19.9. The van der Waals surface area contributed by atoms with Gasteiger partial charge >= 0.3 is 0 Å². The summed E-state index contributed by atoms with van der Waals surface area (Å²) in [6.45, 7) is 6.37. The Hall–Kier alpha value is -3.38.